The van der Waals surface area contributed by atoms with Gasteiger partial charge in [0.25, 0.3) is 0 Å². The van der Waals surface area contributed by atoms with E-state index < -0.39 is 17.2 Å². The van der Waals surface area contributed by atoms with Crippen LogP contribution in [0.4, 0.5) is 19.0 Å². The number of pyridine rings is 1. The van der Waals surface area contributed by atoms with Crippen LogP contribution in [0.1, 0.15) is 24.0 Å². The van der Waals surface area contributed by atoms with E-state index in [-0.39, 0.29) is 36.5 Å². The standard InChI is InChI=1S/C19H21F3N4O.HI/c20-19(21,22)15-5-3-4-14(12-15)18(7-10-27-11-8-18)13-25-17(23)26-16-6-1-2-9-24-16;/h1-6,9,12H,7-8,10-11,13H2,(H3,23,24,25,26);1H. The van der Waals surface area contributed by atoms with Gasteiger partial charge in [-0.05, 0) is 36.6 Å². The Morgan fingerprint density at radius 1 is 1.18 bits per heavy atom. The maximum absolute atomic E-state index is 13.1. The highest BCUT2D eigenvalue weighted by Gasteiger charge is 2.37. The van der Waals surface area contributed by atoms with E-state index in [0.29, 0.717) is 37.4 Å². The highest BCUT2D eigenvalue weighted by atomic mass is 127. The summed E-state index contributed by atoms with van der Waals surface area (Å²) in [6.07, 6.45) is -1.60. The Balaban J connectivity index is 0.00000280. The lowest BCUT2D eigenvalue weighted by atomic mass is 9.74. The molecular formula is C19H22F3IN4O. The normalized spacial score (nSPS) is 16.9. The molecule has 0 bridgehead atoms. The number of guanidine groups is 1. The van der Waals surface area contributed by atoms with Gasteiger partial charge in [0.2, 0.25) is 0 Å². The van der Waals surface area contributed by atoms with Gasteiger partial charge < -0.3 is 15.8 Å². The summed E-state index contributed by atoms with van der Waals surface area (Å²) >= 11 is 0. The summed E-state index contributed by atoms with van der Waals surface area (Å²) in [7, 11) is 0. The molecule has 0 atom stereocenters. The summed E-state index contributed by atoms with van der Waals surface area (Å²) in [4.78, 5) is 8.50. The molecule has 1 aliphatic rings. The van der Waals surface area contributed by atoms with Crippen LogP contribution < -0.4 is 11.1 Å². The Bertz CT molecular complexity index is 793. The molecule has 2 heterocycles. The van der Waals surface area contributed by atoms with Crippen molar-refractivity contribution in [2.75, 3.05) is 25.1 Å². The molecule has 5 nitrogen and oxygen atoms in total. The molecule has 1 saturated heterocycles. The van der Waals surface area contributed by atoms with Crippen LogP contribution in [0.3, 0.4) is 0 Å². The zero-order valence-electron chi connectivity index (χ0n) is 15.1. The van der Waals surface area contributed by atoms with E-state index in [1.54, 1.807) is 24.4 Å². The Morgan fingerprint density at radius 2 is 1.93 bits per heavy atom. The Hall–Kier alpha value is -1.88. The number of anilines is 1. The molecule has 2 aromatic rings. The minimum atomic E-state index is -4.38. The maximum Gasteiger partial charge on any atom is 0.416 e. The lowest BCUT2D eigenvalue weighted by Crippen LogP contribution is -2.38. The van der Waals surface area contributed by atoms with E-state index in [9.17, 15) is 13.2 Å². The van der Waals surface area contributed by atoms with Gasteiger partial charge in [-0.2, -0.15) is 13.2 Å². The predicted octanol–water partition coefficient (Wildman–Crippen LogP) is 4.19. The number of alkyl halides is 3. The third-order valence-corrected chi connectivity index (χ3v) is 4.73. The summed E-state index contributed by atoms with van der Waals surface area (Å²) in [5.74, 6) is 0.727. The Labute approximate surface area is 178 Å². The zero-order chi connectivity index (χ0) is 19.3. The SMILES string of the molecule is I.NC(=NCC1(c2cccc(C(F)(F)F)c2)CCOCC1)Nc1ccccn1. The predicted molar refractivity (Wildman–Crippen MR) is 113 cm³/mol. The monoisotopic (exact) mass is 506 g/mol. The van der Waals surface area contributed by atoms with E-state index in [1.165, 1.54) is 12.1 Å². The minimum Gasteiger partial charge on any atom is -0.381 e. The van der Waals surface area contributed by atoms with Crippen LogP contribution in [0.15, 0.2) is 53.7 Å². The number of aliphatic imine (C=N–C) groups is 1. The minimum absolute atomic E-state index is 0. The maximum atomic E-state index is 13.1. The van der Waals surface area contributed by atoms with Gasteiger partial charge in [-0.3, -0.25) is 4.99 Å². The molecule has 0 amide bonds. The van der Waals surface area contributed by atoms with Crippen LogP contribution in [0.5, 0.6) is 0 Å². The van der Waals surface area contributed by atoms with Crippen molar-refractivity contribution < 1.29 is 17.9 Å². The van der Waals surface area contributed by atoms with Crippen molar-refractivity contribution in [2.24, 2.45) is 10.7 Å². The lowest BCUT2D eigenvalue weighted by molar-refractivity contribution is -0.137. The smallest absolute Gasteiger partial charge is 0.381 e. The summed E-state index contributed by atoms with van der Waals surface area (Å²) < 4.78 is 44.8. The van der Waals surface area contributed by atoms with Crippen molar-refractivity contribution in [1.82, 2.24) is 4.98 Å². The van der Waals surface area contributed by atoms with Crippen molar-refractivity contribution in [3.05, 3.63) is 59.8 Å². The van der Waals surface area contributed by atoms with Crippen LogP contribution in [-0.2, 0) is 16.3 Å². The number of hydrogen-bond acceptors (Lipinski definition) is 3. The van der Waals surface area contributed by atoms with Crippen molar-refractivity contribution in [3.63, 3.8) is 0 Å². The number of benzene rings is 1. The summed E-state index contributed by atoms with van der Waals surface area (Å²) in [6, 6.07) is 10.8. The number of halogens is 4. The molecule has 3 rings (SSSR count). The van der Waals surface area contributed by atoms with Crippen molar-refractivity contribution in [1.29, 1.82) is 0 Å². The fourth-order valence-corrected chi connectivity index (χ4v) is 3.17. The van der Waals surface area contributed by atoms with E-state index in [0.717, 1.165) is 6.07 Å². The number of hydrogen-bond donors (Lipinski definition) is 2. The number of aromatic nitrogens is 1. The molecule has 1 aromatic heterocycles. The van der Waals surface area contributed by atoms with Crippen molar-refractivity contribution in [3.8, 4) is 0 Å². The van der Waals surface area contributed by atoms with Gasteiger partial charge in [-0.15, -0.1) is 24.0 Å². The van der Waals surface area contributed by atoms with E-state index in [2.05, 4.69) is 15.3 Å². The Kier molecular flexibility index (Phi) is 7.64. The van der Waals surface area contributed by atoms with Gasteiger partial charge >= 0.3 is 6.18 Å². The summed E-state index contributed by atoms with van der Waals surface area (Å²) in [5.41, 5.74) is 5.35. The number of nitrogens with two attached hydrogens (primary N) is 1. The topological polar surface area (TPSA) is 72.5 Å². The summed E-state index contributed by atoms with van der Waals surface area (Å²) in [5, 5.41) is 2.89. The molecule has 1 aliphatic heterocycles. The van der Waals surface area contributed by atoms with E-state index in [4.69, 9.17) is 10.5 Å². The van der Waals surface area contributed by atoms with Crippen molar-refractivity contribution in [2.45, 2.75) is 24.4 Å². The molecule has 0 unspecified atom stereocenters. The molecule has 0 saturated carbocycles. The van der Waals surface area contributed by atoms with Gasteiger partial charge in [-0.25, -0.2) is 4.98 Å². The second kappa shape index (κ2) is 9.55. The number of nitrogens with one attached hydrogen (secondary N) is 1. The third-order valence-electron chi connectivity index (χ3n) is 4.73. The zero-order valence-corrected chi connectivity index (χ0v) is 17.4. The number of nitrogens with zero attached hydrogens (tertiary/aromatic N) is 2. The second-order valence-corrected chi connectivity index (χ2v) is 6.51. The van der Waals surface area contributed by atoms with Gasteiger partial charge in [-0.1, -0.05) is 24.3 Å². The molecule has 3 N–H and O–H groups in total. The van der Waals surface area contributed by atoms with E-state index >= 15 is 0 Å². The first-order valence-corrected chi connectivity index (χ1v) is 8.63. The second-order valence-electron chi connectivity index (χ2n) is 6.51. The van der Waals surface area contributed by atoms with Crippen LogP contribution >= 0.6 is 24.0 Å². The van der Waals surface area contributed by atoms with Gasteiger partial charge in [0.05, 0.1) is 12.1 Å². The fraction of sp³-hybridized carbons (Fsp3) is 0.368. The highest BCUT2D eigenvalue weighted by molar-refractivity contribution is 14.0. The lowest BCUT2D eigenvalue weighted by Gasteiger charge is -2.37. The molecular weight excluding hydrogens is 484 g/mol. The van der Waals surface area contributed by atoms with Crippen LogP contribution in [0.2, 0.25) is 0 Å². The number of rotatable bonds is 4. The molecule has 152 valence electrons. The van der Waals surface area contributed by atoms with Gasteiger partial charge in [0, 0.05) is 24.8 Å². The average Bonchev–Trinajstić information content (AvgIpc) is 2.67. The quantitative estimate of drug-likeness (QED) is 0.371. The first-order valence-electron chi connectivity index (χ1n) is 8.63. The molecule has 0 radical (unpaired) electrons. The molecule has 28 heavy (non-hydrogen) atoms. The molecule has 0 spiro atoms. The first-order chi connectivity index (χ1) is 12.9. The molecule has 9 heteroatoms. The largest absolute Gasteiger partial charge is 0.416 e. The number of ether oxygens (including phenoxy) is 1. The fourth-order valence-electron chi connectivity index (χ4n) is 3.17. The van der Waals surface area contributed by atoms with Crippen LogP contribution in [0, 0.1) is 0 Å². The first kappa shape index (κ1) is 22.4. The molecule has 1 aromatic carbocycles. The van der Waals surface area contributed by atoms with Gasteiger partial charge in [0.1, 0.15) is 5.82 Å². The van der Waals surface area contributed by atoms with Crippen molar-refractivity contribution >= 4 is 35.8 Å². The van der Waals surface area contributed by atoms with Gasteiger partial charge in [0.15, 0.2) is 5.96 Å². The van der Waals surface area contributed by atoms with Crippen LogP contribution in [0.25, 0.3) is 0 Å². The Morgan fingerprint density at radius 3 is 2.57 bits per heavy atom. The summed E-state index contributed by atoms with van der Waals surface area (Å²) in [6.45, 7) is 1.21. The van der Waals surface area contributed by atoms with Crippen LogP contribution in [-0.4, -0.2) is 30.7 Å². The highest BCUT2D eigenvalue weighted by Crippen LogP contribution is 2.38. The third kappa shape index (κ3) is 5.57. The molecule has 0 aliphatic carbocycles. The average molecular weight is 506 g/mol. The van der Waals surface area contributed by atoms with E-state index in [1.807, 2.05) is 6.07 Å². The molecule has 1 fully saturated rings.